The first kappa shape index (κ1) is 31.9. The summed E-state index contributed by atoms with van der Waals surface area (Å²) in [6, 6.07) is 67.7. The summed E-state index contributed by atoms with van der Waals surface area (Å²) in [6.07, 6.45) is 0. The van der Waals surface area contributed by atoms with Crippen LogP contribution in [0.25, 0.3) is 111 Å². The standard InChI is InChI=1S/C52H32N2O2/c1-3-13-33(14-4-1)35-17-9-18-36(29-35)37-19-10-20-38(30-37)39-27-28-48-44(31-39)50-42(23-12-26-49(50)55-48)45-32-46(54-52(53-45)34-15-5-2-6-16-34)43-24-11-22-41-40-21-7-8-25-47(40)56-51(41)43/h1-32H/p+1. The lowest BCUT2D eigenvalue weighted by Crippen LogP contribution is -2.14. The lowest BCUT2D eigenvalue weighted by Gasteiger charge is -2.09. The van der Waals surface area contributed by atoms with E-state index in [0.717, 1.165) is 88.9 Å². The van der Waals surface area contributed by atoms with Gasteiger partial charge in [-0.05, 0) is 99.0 Å². The highest BCUT2D eigenvalue weighted by atomic mass is 16.3. The van der Waals surface area contributed by atoms with Crippen LogP contribution < -0.4 is 4.98 Å². The third kappa shape index (κ3) is 5.47. The van der Waals surface area contributed by atoms with E-state index in [4.69, 9.17) is 13.8 Å². The van der Waals surface area contributed by atoms with Gasteiger partial charge in [-0.15, -0.1) is 0 Å². The zero-order valence-corrected chi connectivity index (χ0v) is 30.2. The van der Waals surface area contributed by atoms with E-state index in [1.165, 1.54) is 22.3 Å². The first-order chi connectivity index (χ1) is 27.7. The van der Waals surface area contributed by atoms with E-state index in [0.29, 0.717) is 0 Å². The van der Waals surface area contributed by atoms with Crippen molar-refractivity contribution in [2.75, 3.05) is 0 Å². The first-order valence-corrected chi connectivity index (χ1v) is 18.9. The lowest BCUT2D eigenvalue weighted by molar-refractivity contribution is -0.355. The molecular weight excluding hydrogens is 685 g/mol. The molecule has 0 amide bonds. The molecule has 0 aliphatic carbocycles. The predicted molar refractivity (Wildman–Crippen MR) is 228 cm³/mol. The Morgan fingerprint density at radius 3 is 1.68 bits per heavy atom. The Morgan fingerprint density at radius 1 is 0.357 bits per heavy atom. The van der Waals surface area contributed by atoms with Gasteiger partial charge in [0, 0.05) is 33.2 Å². The van der Waals surface area contributed by atoms with Crippen LogP contribution in [-0.4, -0.2) is 4.98 Å². The number of nitrogens with zero attached hydrogens (tertiary/aromatic N) is 1. The third-order valence-corrected chi connectivity index (χ3v) is 10.8. The van der Waals surface area contributed by atoms with Gasteiger partial charge in [0.2, 0.25) is 0 Å². The molecule has 0 spiro atoms. The van der Waals surface area contributed by atoms with Crippen molar-refractivity contribution in [1.29, 1.82) is 0 Å². The minimum absolute atomic E-state index is 0.768. The second-order valence-electron chi connectivity index (χ2n) is 14.2. The second kappa shape index (κ2) is 13.1. The number of hydrogen-bond acceptors (Lipinski definition) is 3. The minimum Gasteiger partial charge on any atom is -0.456 e. The van der Waals surface area contributed by atoms with Crippen LogP contribution in [0.2, 0.25) is 0 Å². The molecule has 0 saturated carbocycles. The van der Waals surface area contributed by atoms with E-state index >= 15 is 0 Å². The van der Waals surface area contributed by atoms with Crippen molar-refractivity contribution in [3.8, 4) is 67.3 Å². The largest absolute Gasteiger partial charge is 0.456 e. The Bertz CT molecular complexity index is 3250. The Kier molecular flexibility index (Phi) is 7.46. The maximum atomic E-state index is 6.52. The molecule has 1 N–H and O–H groups in total. The Balaban J connectivity index is 1.06. The molecule has 0 fully saturated rings. The molecule has 3 heterocycles. The average Bonchev–Trinajstić information content (AvgIpc) is 3.85. The molecule has 11 rings (SSSR count). The van der Waals surface area contributed by atoms with Crippen molar-refractivity contribution < 1.29 is 13.8 Å². The van der Waals surface area contributed by atoms with Crippen LogP contribution in [0.1, 0.15) is 0 Å². The van der Waals surface area contributed by atoms with Gasteiger partial charge in [0.15, 0.2) is 5.69 Å². The number of furan rings is 2. The molecule has 11 aromatic rings. The fourth-order valence-electron chi connectivity index (χ4n) is 8.06. The van der Waals surface area contributed by atoms with Gasteiger partial charge >= 0.3 is 5.82 Å². The number of benzene rings is 8. The van der Waals surface area contributed by atoms with Gasteiger partial charge in [-0.25, -0.2) is 4.98 Å². The molecule has 4 nitrogen and oxygen atoms in total. The van der Waals surface area contributed by atoms with Crippen LogP contribution in [0.3, 0.4) is 0 Å². The quantitative estimate of drug-likeness (QED) is 0.172. The molecule has 4 heteroatoms. The van der Waals surface area contributed by atoms with E-state index < -0.39 is 0 Å². The van der Waals surface area contributed by atoms with E-state index in [9.17, 15) is 0 Å². The molecule has 0 radical (unpaired) electrons. The van der Waals surface area contributed by atoms with Crippen LogP contribution >= 0.6 is 0 Å². The summed E-state index contributed by atoms with van der Waals surface area (Å²) in [7, 11) is 0. The summed E-state index contributed by atoms with van der Waals surface area (Å²) in [5, 5.41) is 4.25. The lowest BCUT2D eigenvalue weighted by atomic mass is 9.95. The van der Waals surface area contributed by atoms with E-state index in [2.05, 4.69) is 157 Å². The SMILES string of the molecule is c1ccc(-c2cccc(-c3cccc(-c4ccc5oc6cccc(-c7cc(-c8cccc9c8oc8ccccc89)[nH+]c(-c8ccccc8)n7)c6c5c4)c3)c2)cc1. The maximum Gasteiger partial charge on any atom is 0.329 e. The molecule has 0 saturated heterocycles. The predicted octanol–water partition coefficient (Wildman–Crippen LogP) is 13.7. The Labute approximate surface area is 323 Å². The second-order valence-corrected chi connectivity index (χ2v) is 14.2. The average molecular weight is 718 g/mol. The van der Waals surface area contributed by atoms with Crippen LogP contribution in [0.5, 0.6) is 0 Å². The summed E-state index contributed by atoms with van der Waals surface area (Å²) in [6.45, 7) is 0. The summed E-state index contributed by atoms with van der Waals surface area (Å²) in [5.41, 5.74) is 15.1. The van der Waals surface area contributed by atoms with Gasteiger partial charge in [0.05, 0.1) is 11.1 Å². The van der Waals surface area contributed by atoms with E-state index in [1.54, 1.807) is 0 Å². The molecule has 0 aliphatic rings. The number of H-pyrrole nitrogens is 1. The zero-order valence-electron chi connectivity index (χ0n) is 30.2. The molecule has 0 atom stereocenters. The topological polar surface area (TPSA) is 53.3 Å². The summed E-state index contributed by atoms with van der Waals surface area (Å²) < 4.78 is 13.0. The molecule has 0 bridgehead atoms. The number of aromatic nitrogens is 2. The summed E-state index contributed by atoms with van der Waals surface area (Å²) in [5.74, 6) is 0.768. The smallest absolute Gasteiger partial charge is 0.329 e. The van der Waals surface area contributed by atoms with Crippen molar-refractivity contribution in [2.45, 2.75) is 0 Å². The van der Waals surface area contributed by atoms with E-state index in [-0.39, 0.29) is 0 Å². The van der Waals surface area contributed by atoms with Crippen molar-refractivity contribution in [2.24, 2.45) is 0 Å². The first-order valence-electron chi connectivity index (χ1n) is 18.9. The normalized spacial score (nSPS) is 11.6. The monoisotopic (exact) mass is 717 g/mol. The van der Waals surface area contributed by atoms with Crippen LogP contribution in [0.4, 0.5) is 0 Å². The molecule has 0 aliphatic heterocycles. The minimum atomic E-state index is 0.768. The van der Waals surface area contributed by atoms with Gasteiger partial charge in [0.1, 0.15) is 28.0 Å². The van der Waals surface area contributed by atoms with Crippen LogP contribution in [0, 0.1) is 0 Å². The van der Waals surface area contributed by atoms with Crippen molar-refractivity contribution >= 4 is 43.9 Å². The highest BCUT2D eigenvalue weighted by Gasteiger charge is 2.23. The summed E-state index contributed by atoms with van der Waals surface area (Å²) in [4.78, 5) is 8.96. The number of fused-ring (bicyclic) bond motifs is 6. The van der Waals surface area contributed by atoms with Gasteiger partial charge in [-0.1, -0.05) is 127 Å². The Hall–Kier alpha value is -7.56. The fourth-order valence-corrected chi connectivity index (χ4v) is 8.06. The highest BCUT2D eigenvalue weighted by molar-refractivity contribution is 6.13. The zero-order chi connectivity index (χ0) is 37.0. The van der Waals surface area contributed by atoms with E-state index in [1.807, 2.05) is 42.5 Å². The third-order valence-electron chi connectivity index (χ3n) is 10.8. The Morgan fingerprint density at radius 2 is 0.911 bits per heavy atom. The number of rotatable bonds is 6. The van der Waals surface area contributed by atoms with Gasteiger partial charge in [-0.2, -0.15) is 0 Å². The van der Waals surface area contributed by atoms with Crippen LogP contribution in [0.15, 0.2) is 203 Å². The molecular formula is C52H33N2O2+. The number of hydrogen-bond donors (Lipinski definition) is 0. The molecule has 8 aromatic carbocycles. The van der Waals surface area contributed by atoms with Crippen molar-refractivity contribution in [1.82, 2.24) is 4.98 Å². The molecule has 0 unspecified atom stereocenters. The molecule has 56 heavy (non-hydrogen) atoms. The van der Waals surface area contributed by atoms with Crippen LogP contribution in [-0.2, 0) is 0 Å². The molecule has 262 valence electrons. The highest BCUT2D eigenvalue weighted by Crippen LogP contribution is 2.41. The van der Waals surface area contributed by atoms with Gasteiger partial charge < -0.3 is 8.83 Å². The molecule has 3 aromatic heterocycles. The number of para-hydroxylation sites is 2. The van der Waals surface area contributed by atoms with Gasteiger partial charge in [0.25, 0.3) is 0 Å². The number of nitrogens with one attached hydrogen (secondary N) is 1. The van der Waals surface area contributed by atoms with Gasteiger partial charge in [-0.3, -0.25) is 0 Å². The number of aromatic amines is 1. The fraction of sp³-hybridized carbons (Fsp3) is 0. The van der Waals surface area contributed by atoms with Crippen molar-refractivity contribution in [3.63, 3.8) is 0 Å². The summed E-state index contributed by atoms with van der Waals surface area (Å²) >= 11 is 0. The van der Waals surface area contributed by atoms with Crippen molar-refractivity contribution in [3.05, 3.63) is 194 Å². The maximum absolute atomic E-state index is 6.52.